The van der Waals surface area contributed by atoms with Crippen LogP contribution in [0.15, 0.2) is 0 Å². The highest BCUT2D eigenvalue weighted by atomic mass is 16.8. The Bertz CT molecular complexity index is 199. The maximum Gasteiger partial charge on any atom is 0.278 e. The molecule has 0 fully saturated rings. The molecular formula is C18H37O3. The number of ether oxygens (including phenoxy) is 1. The zero-order valence-corrected chi connectivity index (χ0v) is 14.1. The first-order chi connectivity index (χ1) is 10.1. The van der Waals surface area contributed by atoms with Crippen LogP contribution in [0.5, 0.6) is 0 Å². The number of rotatable bonds is 16. The third-order valence-corrected chi connectivity index (χ3v) is 3.83. The summed E-state index contributed by atoms with van der Waals surface area (Å²) in [7, 11) is 0. The Morgan fingerprint density at radius 1 is 0.667 bits per heavy atom. The monoisotopic (exact) mass is 301 g/mol. The second kappa shape index (κ2) is 14.8. The van der Waals surface area contributed by atoms with Crippen LogP contribution in [0.25, 0.3) is 0 Å². The summed E-state index contributed by atoms with van der Waals surface area (Å²) in [5.74, 6) is -2.21. The lowest BCUT2D eigenvalue weighted by Gasteiger charge is -2.15. The van der Waals surface area contributed by atoms with E-state index in [-0.39, 0.29) is 0 Å². The van der Waals surface area contributed by atoms with Crippen molar-refractivity contribution in [3.05, 3.63) is 6.92 Å². The van der Waals surface area contributed by atoms with E-state index in [2.05, 4.69) is 13.8 Å². The molecule has 0 aliphatic rings. The summed E-state index contributed by atoms with van der Waals surface area (Å²) < 4.78 is 4.74. The highest BCUT2D eigenvalue weighted by Gasteiger charge is 2.14. The number of aliphatic hydroxyl groups is 2. The van der Waals surface area contributed by atoms with Crippen molar-refractivity contribution in [1.82, 2.24) is 0 Å². The van der Waals surface area contributed by atoms with Gasteiger partial charge in [0.1, 0.15) is 0 Å². The topological polar surface area (TPSA) is 49.7 Å². The third-order valence-electron chi connectivity index (χ3n) is 3.83. The molecule has 0 amide bonds. The van der Waals surface area contributed by atoms with E-state index in [1.165, 1.54) is 77.0 Å². The average molecular weight is 301 g/mol. The summed E-state index contributed by atoms with van der Waals surface area (Å²) in [6, 6.07) is 0. The SMILES string of the molecule is [CH2]C(O)(O)OCCCCCCCCCCCCCCCC. The molecule has 0 spiro atoms. The maximum absolute atomic E-state index is 8.84. The zero-order valence-electron chi connectivity index (χ0n) is 14.1. The fourth-order valence-corrected chi connectivity index (χ4v) is 2.53. The molecule has 0 saturated heterocycles. The fraction of sp³-hybridized carbons (Fsp3) is 0.944. The van der Waals surface area contributed by atoms with Crippen LogP contribution in [0.3, 0.4) is 0 Å². The molecule has 0 atom stereocenters. The van der Waals surface area contributed by atoms with Gasteiger partial charge in [0.05, 0.1) is 6.61 Å². The van der Waals surface area contributed by atoms with Gasteiger partial charge in [0, 0.05) is 6.92 Å². The predicted molar refractivity (Wildman–Crippen MR) is 88.8 cm³/mol. The van der Waals surface area contributed by atoms with Crippen molar-refractivity contribution in [3.8, 4) is 0 Å². The molecule has 0 rings (SSSR count). The van der Waals surface area contributed by atoms with Gasteiger partial charge in [-0.25, -0.2) is 0 Å². The summed E-state index contributed by atoms with van der Waals surface area (Å²) in [4.78, 5) is 0. The van der Waals surface area contributed by atoms with Gasteiger partial charge < -0.3 is 14.9 Å². The Labute approximate surface area is 132 Å². The van der Waals surface area contributed by atoms with Crippen molar-refractivity contribution in [2.45, 2.75) is 103 Å². The minimum atomic E-state index is -2.21. The van der Waals surface area contributed by atoms with Crippen molar-refractivity contribution in [1.29, 1.82) is 0 Å². The normalized spacial score (nSPS) is 12.0. The predicted octanol–water partition coefficient (Wildman–Crippen LogP) is 4.96. The molecule has 0 aromatic carbocycles. The van der Waals surface area contributed by atoms with Crippen molar-refractivity contribution >= 4 is 0 Å². The van der Waals surface area contributed by atoms with Crippen molar-refractivity contribution in [2.24, 2.45) is 0 Å². The smallest absolute Gasteiger partial charge is 0.278 e. The summed E-state index contributed by atoms with van der Waals surface area (Å²) >= 11 is 0. The summed E-state index contributed by atoms with van der Waals surface area (Å²) in [6.45, 7) is 5.70. The largest absolute Gasteiger partial charge is 0.343 e. The quantitative estimate of drug-likeness (QED) is 0.313. The molecule has 21 heavy (non-hydrogen) atoms. The van der Waals surface area contributed by atoms with E-state index in [1.807, 2.05) is 0 Å². The summed E-state index contributed by atoms with van der Waals surface area (Å²) in [5.41, 5.74) is 0. The van der Waals surface area contributed by atoms with Crippen LogP contribution < -0.4 is 0 Å². The van der Waals surface area contributed by atoms with E-state index in [1.54, 1.807) is 0 Å². The van der Waals surface area contributed by atoms with Gasteiger partial charge in [-0.2, -0.15) is 0 Å². The van der Waals surface area contributed by atoms with Gasteiger partial charge in [0.15, 0.2) is 0 Å². The van der Waals surface area contributed by atoms with Gasteiger partial charge in [-0.15, -0.1) is 0 Å². The maximum atomic E-state index is 8.84. The van der Waals surface area contributed by atoms with Crippen LogP contribution in [0.2, 0.25) is 0 Å². The molecular weight excluding hydrogens is 264 g/mol. The van der Waals surface area contributed by atoms with Gasteiger partial charge in [0.25, 0.3) is 5.97 Å². The highest BCUT2D eigenvalue weighted by molar-refractivity contribution is 4.52. The molecule has 0 aliphatic carbocycles. The zero-order chi connectivity index (χ0) is 15.8. The molecule has 0 aromatic rings. The van der Waals surface area contributed by atoms with E-state index in [0.29, 0.717) is 6.61 Å². The van der Waals surface area contributed by atoms with Gasteiger partial charge in [-0.3, -0.25) is 0 Å². The number of unbranched alkanes of at least 4 members (excludes halogenated alkanes) is 13. The van der Waals surface area contributed by atoms with Crippen LogP contribution in [0.1, 0.15) is 96.8 Å². The van der Waals surface area contributed by atoms with Gasteiger partial charge in [0.2, 0.25) is 0 Å². The average Bonchev–Trinajstić information content (AvgIpc) is 2.42. The first kappa shape index (κ1) is 20.9. The standard InChI is InChI=1S/C18H37O3/c1-3-4-5-6-7-8-9-10-11-12-13-14-15-16-17-21-18(2,19)20/h19-20H,2-17H2,1H3. The first-order valence-electron chi connectivity index (χ1n) is 9.00. The first-order valence-corrected chi connectivity index (χ1v) is 9.00. The third kappa shape index (κ3) is 19.9. The van der Waals surface area contributed by atoms with E-state index in [0.717, 1.165) is 12.8 Å². The van der Waals surface area contributed by atoms with Crippen LogP contribution in [0.4, 0.5) is 0 Å². The molecule has 0 heterocycles. The van der Waals surface area contributed by atoms with E-state index >= 15 is 0 Å². The molecule has 127 valence electrons. The Hall–Kier alpha value is -0.120. The van der Waals surface area contributed by atoms with E-state index < -0.39 is 5.97 Å². The molecule has 1 radical (unpaired) electrons. The molecule has 0 unspecified atom stereocenters. The highest BCUT2D eigenvalue weighted by Crippen LogP contribution is 2.13. The second-order valence-corrected chi connectivity index (χ2v) is 6.19. The van der Waals surface area contributed by atoms with Crippen LogP contribution in [-0.4, -0.2) is 22.8 Å². The molecule has 3 nitrogen and oxygen atoms in total. The minimum absolute atomic E-state index is 0.370. The number of hydrogen-bond donors (Lipinski definition) is 2. The molecule has 3 heteroatoms. The lowest BCUT2D eigenvalue weighted by Crippen LogP contribution is -2.28. The number of hydrogen-bond acceptors (Lipinski definition) is 3. The van der Waals surface area contributed by atoms with Gasteiger partial charge in [-0.1, -0.05) is 90.4 Å². The minimum Gasteiger partial charge on any atom is -0.343 e. The Morgan fingerprint density at radius 3 is 1.33 bits per heavy atom. The van der Waals surface area contributed by atoms with Crippen LogP contribution in [0, 0.1) is 6.92 Å². The molecule has 0 aliphatic heterocycles. The van der Waals surface area contributed by atoms with Crippen molar-refractivity contribution < 1.29 is 14.9 Å². The molecule has 0 aromatic heterocycles. The van der Waals surface area contributed by atoms with Gasteiger partial charge >= 0.3 is 0 Å². The van der Waals surface area contributed by atoms with E-state index in [4.69, 9.17) is 14.9 Å². The Balaban J connectivity index is 3.00. The molecule has 0 bridgehead atoms. The fourth-order valence-electron chi connectivity index (χ4n) is 2.53. The van der Waals surface area contributed by atoms with Crippen LogP contribution >= 0.6 is 0 Å². The summed E-state index contributed by atoms with van der Waals surface area (Å²) in [5, 5.41) is 17.7. The second-order valence-electron chi connectivity index (χ2n) is 6.19. The Kier molecular flexibility index (Phi) is 14.7. The molecule has 2 N–H and O–H groups in total. The van der Waals surface area contributed by atoms with Crippen molar-refractivity contribution in [3.63, 3.8) is 0 Å². The lowest BCUT2D eigenvalue weighted by molar-refractivity contribution is -0.305. The molecule has 0 saturated carbocycles. The summed E-state index contributed by atoms with van der Waals surface area (Å²) in [6.07, 6.45) is 18.3. The lowest BCUT2D eigenvalue weighted by atomic mass is 10.0. The van der Waals surface area contributed by atoms with Crippen LogP contribution in [-0.2, 0) is 4.74 Å². The van der Waals surface area contributed by atoms with Gasteiger partial charge in [-0.05, 0) is 6.42 Å². The van der Waals surface area contributed by atoms with Crippen molar-refractivity contribution in [2.75, 3.05) is 6.61 Å². The van der Waals surface area contributed by atoms with E-state index in [9.17, 15) is 0 Å². The Morgan fingerprint density at radius 2 is 1.00 bits per heavy atom.